The lowest BCUT2D eigenvalue weighted by Gasteiger charge is -2.22. The third-order valence-electron chi connectivity index (χ3n) is 2.98. The molecule has 2 heterocycles. The molecule has 0 spiro atoms. The molecule has 0 aliphatic carbocycles. The van der Waals surface area contributed by atoms with Crippen LogP contribution in [0.15, 0.2) is 11.6 Å². The van der Waals surface area contributed by atoms with Crippen LogP contribution in [-0.4, -0.2) is 36.1 Å². The molecule has 0 aromatic carbocycles. The van der Waals surface area contributed by atoms with Gasteiger partial charge in [-0.3, -0.25) is 4.79 Å². The van der Waals surface area contributed by atoms with E-state index in [0.29, 0.717) is 31.4 Å². The molecule has 2 aliphatic rings. The van der Waals surface area contributed by atoms with Crippen LogP contribution < -0.4 is 5.73 Å². The van der Waals surface area contributed by atoms with Crippen LogP contribution >= 0.6 is 12.4 Å². The molecule has 2 N–H and O–H groups in total. The zero-order chi connectivity index (χ0) is 11.5. The van der Waals surface area contributed by atoms with Gasteiger partial charge in [0.2, 0.25) is 5.91 Å². The summed E-state index contributed by atoms with van der Waals surface area (Å²) in [5, 5.41) is 0. The molecule has 0 radical (unpaired) electrons. The Balaban J connectivity index is 0.00000144. The average molecular weight is 261 g/mol. The lowest BCUT2D eigenvalue weighted by Crippen LogP contribution is -2.42. The lowest BCUT2D eigenvalue weighted by atomic mass is 10.1. The SMILES string of the molecule is Cl.NC(C/C=C1\CCOC1=O)N1CCCC1=O. The van der Waals surface area contributed by atoms with Gasteiger partial charge in [-0.1, -0.05) is 6.08 Å². The van der Waals surface area contributed by atoms with Crippen molar-refractivity contribution in [1.82, 2.24) is 4.90 Å². The van der Waals surface area contributed by atoms with Crippen LogP contribution in [0.25, 0.3) is 0 Å². The van der Waals surface area contributed by atoms with Crippen molar-refractivity contribution in [1.29, 1.82) is 0 Å². The summed E-state index contributed by atoms with van der Waals surface area (Å²) < 4.78 is 4.82. The van der Waals surface area contributed by atoms with Crippen molar-refractivity contribution in [2.45, 2.75) is 31.8 Å². The number of carbonyl (C=O) groups is 2. The molecular formula is C11H17ClN2O3. The molecule has 17 heavy (non-hydrogen) atoms. The maximum absolute atomic E-state index is 11.4. The molecule has 2 fully saturated rings. The monoisotopic (exact) mass is 260 g/mol. The first kappa shape index (κ1) is 14.0. The molecule has 0 aromatic rings. The lowest BCUT2D eigenvalue weighted by molar-refractivity contribution is -0.135. The van der Waals surface area contributed by atoms with Crippen molar-refractivity contribution >= 4 is 24.3 Å². The minimum absolute atomic E-state index is 0. The Morgan fingerprint density at radius 3 is 2.71 bits per heavy atom. The van der Waals surface area contributed by atoms with Gasteiger partial charge in [-0.15, -0.1) is 12.4 Å². The van der Waals surface area contributed by atoms with Gasteiger partial charge in [0, 0.05) is 25.0 Å². The highest BCUT2D eigenvalue weighted by molar-refractivity contribution is 5.90. The first-order valence-corrected chi connectivity index (χ1v) is 5.59. The van der Waals surface area contributed by atoms with Crippen molar-refractivity contribution in [2.75, 3.05) is 13.2 Å². The molecule has 5 nitrogen and oxygen atoms in total. The Labute approximate surface area is 106 Å². The zero-order valence-electron chi connectivity index (χ0n) is 9.55. The van der Waals surface area contributed by atoms with Gasteiger partial charge in [-0.2, -0.15) is 0 Å². The minimum atomic E-state index is -0.309. The zero-order valence-corrected chi connectivity index (χ0v) is 10.4. The molecular weight excluding hydrogens is 244 g/mol. The van der Waals surface area contributed by atoms with E-state index in [0.717, 1.165) is 13.0 Å². The summed E-state index contributed by atoms with van der Waals surface area (Å²) in [5.74, 6) is -0.139. The number of nitrogens with zero attached hydrogens (tertiary/aromatic N) is 1. The molecule has 2 aliphatic heterocycles. The third-order valence-corrected chi connectivity index (χ3v) is 2.98. The van der Waals surface area contributed by atoms with E-state index in [4.69, 9.17) is 10.5 Å². The summed E-state index contributed by atoms with van der Waals surface area (Å²) in [6.07, 6.45) is 4.13. The normalized spacial score (nSPS) is 23.8. The van der Waals surface area contributed by atoms with Crippen LogP contribution in [0, 0.1) is 0 Å². The maximum Gasteiger partial charge on any atom is 0.333 e. The number of ether oxygens (including phenoxy) is 1. The third kappa shape index (κ3) is 3.20. The Bertz CT molecular complexity index is 344. The maximum atomic E-state index is 11.4. The van der Waals surface area contributed by atoms with E-state index in [1.165, 1.54) is 0 Å². The van der Waals surface area contributed by atoms with Gasteiger partial charge in [-0.05, 0) is 12.8 Å². The van der Waals surface area contributed by atoms with Crippen molar-refractivity contribution in [2.24, 2.45) is 5.73 Å². The highest BCUT2D eigenvalue weighted by Gasteiger charge is 2.25. The second-order valence-electron chi connectivity index (χ2n) is 4.11. The van der Waals surface area contributed by atoms with Gasteiger partial charge in [0.25, 0.3) is 0 Å². The molecule has 0 aromatic heterocycles. The number of likely N-dealkylation sites (tertiary alicyclic amines) is 1. The molecule has 6 heteroatoms. The Morgan fingerprint density at radius 1 is 1.41 bits per heavy atom. The van der Waals surface area contributed by atoms with Gasteiger partial charge in [0.15, 0.2) is 0 Å². The number of amides is 1. The van der Waals surface area contributed by atoms with Crippen LogP contribution in [0.1, 0.15) is 25.7 Å². The number of esters is 1. The number of cyclic esters (lactones) is 1. The minimum Gasteiger partial charge on any atom is -0.462 e. The van der Waals surface area contributed by atoms with Crippen LogP contribution in [0.3, 0.4) is 0 Å². The Hall–Kier alpha value is -1.07. The second kappa shape index (κ2) is 6.02. The average Bonchev–Trinajstić information content (AvgIpc) is 2.84. The number of carbonyl (C=O) groups excluding carboxylic acids is 2. The number of halogens is 1. The van der Waals surface area contributed by atoms with Gasteiger partial charge < -0.3 is 15.4 Å². The molecule has 1 amide bonds. The molecule has 2 saturated heterocycles. The van der Waals surface area contributed by atoms with Crippen LogP contribution in [0.2, 0.25) is 0 Å². The summed E-state index contributed by atoms with van der Waals surface area (Å²) in [7, 11) is 0. The fourth-order valence-electron chi connectivity index (χ4n) is 2.04. The quantitative estimate of drug-likeness (QED) is 0.595. The van der Waals surface area contributed by atoms with E-state index in [2.05, 4.69) is 0 Å². The van der Waals surface area contributed by atoms with E-state index in [-0.39, 0.29) is 30.4 Å². The van der Waals surface area contributed by atoms with Gasteiger partial charge in [-0.25, -0.2) is 4.79 Å². The number of hydrogen-bond acceptors (Lipinski definition) is 4. The number of rotatable bonds is 3. The summed E-state index contributed by atoms with van der Waals surface area (Å²) >= 11 is 0. The largest absolute Gasteiger partial charge is 0.462 e. The van der Waals surface area contributed by atoms with E-state index >= 15 is 0 Å². The molecule has 96 valence electrons. The Kier molecular flexibility index (Phi) is 4.96. The molecule has 0 saturated carbocycles. The Morgan fingerprint density at radius 2 is 2.18 bits per heavy atom. The van der Waals surface area contributed by atoms with Crippen LogP contribution in [0.4, 0.5) is 0 Å². The summed E-state index contributed by atoms with van der Waals surface area (Å²) in [5.41, 5.74) is 6.58. The summed E-state index contributed by atoms with van der Waals surface area (Å²) in [4.78, 5) is 24.2. The molecule has 1 atom stereocenters. The van der Waals surface area contributed by atoms with Crippen molar-refractivity contribution in [3.05, 3.63) is 11.6 Å². The highest BCUT2D eigenvalue weighted by atomic mass is 35.5. The highest BCUT2D eigenvalue weighted by Crippen LogP contribution is 2.17. The predicted octanol–water partition coefficient (Wildman–Crippen LogP) is 0.579. The smallest absolute Gasteiger partial charge is 0.333 e. The summed E-state index contributed by atoms with van der Waals surface area (Å²) in [6.45, 7) is 1.19. The van der Waals surface area contributed by atoms with Crippen LogP contribution in [0.5, 0.6) is 0 Å². The molecule has 2 rings (SSSR count). The number of nitrogens with two attached hydrogens (primary N) is 1. The van der Waals surface area contributed by atoms with Gasteiger partial charge in [0.05, 0.1) is 12.8 Å². The first-order chi connectivity index (χ1) is 7.68. The molecule has 0 bridgehead atoms. The van der Waals surface area contributed by atoms with E-state index in [1.807, 2.05) is 0 Å². The van der Waals surface area contributed by atoms with Crippen molar-refractivity contribution in [3.8, 4) is 0 Å². The van der Waals surface area contributed by atoms with E-state index in [9.17, 15) is 9.59 Å². The van der Waals surface area contributed by atoms with E-state index in [1.54, 1.807) is 11.0 Å². The fourth-order valence-corrected chi connectivity index (χ4v) is 2.04. The topological polar surface area (TPSA) is 72.6 Å². The number of hydrogen-bond donors (Lipinski definition) is 1. The molecule has 1 unspecified atom stereocenters. The summed E-state index contributed by atoms with van der Waals surface area (Å²) in [6, 6.07) is 0. The standard InChI is InChI=1S/C11H16N2O3.ClH/c12-9(13-6-1-2-10(13)14)4-3-8-5-7-16-11(8)15;/h3,9H,1-2,4-7,12H2;1H/b8-3+;. The van der Waals surface area contributed by atoms with E-state index < -0.39 is 0 Å². The van der Waals surface area contributed by atoms with Crippen LogP contribution in [-0.2, 0) is 14.3 Å². The fraction of sp³-hybridized carbons (Fsp3) is 0.636. The van der Waals surface area contributed by atoms with Crippen molar-refractivity contribution < 1.29 is 14.3 Å². The predicted molar refractivity (Wildman–Crippen MR) is 64.4 cm³/mol. The second-order valence-corrected chi connectivity index (χ2v) is 4.11. The first-order valence-electron chi connectivity index (χ1n) is 5.59. The van der Waals surface area contributed by atoms with Gasteiger partial charge in [0.1, 0.15) is 0 Å². The van der Waals surface area contributed by atoms with Crippen molar-refractivity contribution in [3.63, 3.8) is 0 Å². The van der Waals surface area contributed by atoms with Gasteiger partial charge >= 0.3 is 5.97 Å².